The highest BCUT2D eigenvalue weighted by Gasteiger charge is 2.28. The van der Waals surface area contributed by atoms with Crippen molar-refractivity contribution in [3.8, 4) is 22.5 Å². The number of rotatable bonds is 7. The average Bonchev–Trinajstić information content (AvgIpc) is 3.44. The topological polar surface area (TPSA) is 153 Å². The standard InChI is InChI=1S/C35H37FN6O6S2/c1-22-10-12-24(13-11-22)50(46,47)42-21-26(32-30(42)15-14-28(38-32)25-8-6-7-9-27(25)36)29-20-31(40-33(39-29)49(5,44)45)41-18-16-23(17-19-41)37-34(43)48-35(2,3)4/h6-15,20-21,23H,16-19H2,1-5H3,(H,37,43). The van der Waals surface area contributed by atoms with Gasteiger partial charge >= 0.3 is 6.09 Å². The zero-order valence-corrected chi connectivity index (χ0v) is 29.8. The number of carbonyl (C=O) groups is 1. The van der Waals surface area contributed by atoms with Crippen molar-refractivity contribution in [1.82, 2.24) is 24.2 Å². The van der Waals surface area contributed by atoms with Crippen molar-refractivity contribution in [3.63, 3.8) is 0 Å². The van der Waals surface area contributed by atoms with Crippen molar-refractivity contribution in [2.75, 3.05) is 24.2 Å². The molecule has 0 unspecified atom stereocenters. The van der Waals surface area contributed by atoms with Crippen LogP contribution in [0.4, 0.5) is 15.0 Å². The number of sulfone groups is 1. The lowest BCUT2D eigenvalue weighted by Crippen LogP contribution is -2.46. The van der Waals surface area contributed by atoms with E-state index in [9.17, 15) is 26.0 Å². The maximum absolute atomic E-state index is 14.9. The number of fused-ring (bicyclic) bond motifs is 1. The van der Waals surface area contributed by atoms with Crippen molar-refractivity contribution in [3.05, 3.63) is 84.3 Å². The Bertz CT molecular complexity index is 2310. The number of benzene rings is 2. The number of anilines is 1. The summed E-state index contributed by atoms with van der Waals surface area (Å²) in [4.78, 5) is 27.7. The van der Waals surface area contributed by atoms with Gasteiger partial charge in [-0.3, -0.25) is 0 Å². The van der Waals surface area contributed by atoms with Crippen LogP contribution in [0.25, 0.3) is 33.5 Å². The quantitative estimate of drug-likeness (QED) is 0.206. The third-order valence-corrected chi connectivity index (χ3v) is 10.7. The number of alkyl carbamates (subject to hydrolysis) is 1. The van der Waals surface area contributed by atoms with E-state index in [0.717, 1.165) is 15.8 Å². The third kappa shape index (κ3) is 7.33. The molecule has 4 heterocycles. The molecule has 1 N–H and O–H groups in total. The summed E-state index contributed by atoms with van der Waals surface area (Å²) in [6.45, 7) is 8.06. The fourth-order valence-electron chi connectivity index (χ4n) is 5.71. The Kier molecular flexibility index (Phi) is 9.16. The molecule has 3 aromatic heterocycles. The maximum atomic E-state index is 14.9. The molecule has 0 spiro atoms. The molecule has 12 nitrogen and oxygen atoms in total. The van der Waals surface area contributed by atoms with Gasteiger partial charge in [-0.2, -0.15) is 0 Å². The van der Waals surface area contributed by atoms with E-state index in [0.29, 0.717) is 31.7 Å². The minimum atomic E-state index is -4.17. The molecule has 0 atom stereocenters. The van der Waals surface area contributed by atoms with Crippen LogP contribution in [0.5, 0.6) is 0 Å². The number of ether oxygens (including phenoxy) is 1. The Hall–Kier alpha value is -4.89. The van der Waals surface area contributed by atoms with Crippen LogP contribution >= 0.6 is 0 Å². The lowest BCUT2D eigenvalue weighted by Gasteiger charge is -2.33. The summed E-state index contributed by atoms with van der Waals surface area (Å²) in [7, 11) is -8.10. The van der Waals surface area contributed by atoms with Crippen LogP contribution in [-0.4, -0.2) is 72.8 Å². The van der Waals surface area contributed by atoms with Crippen molar-refractivity contribution in [2.24, 2.45) is 0 Å². The normalized spacial score (nSPS) is 14.6. The van der Waals surface area contributed by atoms with E-state index < -0.39 is 42.5 Å². The Balaban J connectivity index is 1.46. The lowest BCUT2D eigenvalue weighted by molar-refractivity contribution is 0.0497. The number of aromatic nitrogens is 4. The molecule has 1 aliphatic rings. The van der Waals surface area contributed by atoms with E-state index in [1.807, 2.05) is 11.8 Å². The van der Waals surface area contributed by atoms with Crippen molar-refractivity contribution >= 4 is 42.8 Å². The number of hydrogen-bond acceptors (Lipinski definition) is 10. The molecule has 1 amide bonds. The summed E-state index contributed by atoms with van der Waals surface area (Å²) in [5.74, 6) is -0.209. The van der Waals surface area contributed by atoms with Crippen LogP contribution < -0.4 is 10.2 Å². The molecule has 0 radical (unpaired) electrons. The van der Waals surface area contributed by atoms with Gasteiger partial charge in [0.05, 0.1) is 27.3 Å². The Morgan fingerprint density at radius 1 is 0.900 bits per heavy atom. The highest BCUT2D eigenvalue weighted by Crippen LogP contribution is 2.35. The Morgan fingerprint density at radius 3 is 2.22 bits per heavy atom. The molecule has 15 heteroatoms. The summed E-state index contributed by atoms with van der Waals surface area (Å²) in [6, 6.07) is 17.0. The van der Waals surface area contributed by atoms with E-state index >= 15 is 0 Å². The van der Waals surface area contributed by atoms with Crippen molar-refractivity contribution in [2.45, 2.75) is 62.2 Å². The zero-order chi connectivity index (χ0) is 36.0. The number of hydrogen-bond donors (Lipinski definition) is 1. The number of aryl methyl sites for hydroxylation is 1. The largest absolute Gasteiger partial charge is 0.444 e. The van der Waals surface area contributed by atoms with Crippen LogP contribution in [0.1, 0.15) is 39.2 Å². The first-order chi connectivity index (χ1) is 23.5. The van der Waals surface area contributed by atoms with Crippen molar-refractivity contribution < 1.29 is 30.8 Å². The van der Waals surface area contributed by atoms with Gasteiger partial charge < -0.3 is 15.0 Å². The minimum absolute atomic E-state index is 0.0350. The lowest BCUT2D eigenvalue weighted by atomic mass is 10.1. The van der Waals surface area contributed by atoms with E-state index in [1.165, 1.54) is 30.5 Å². The van der Waals surface area contributed by atoms with Crippen LogP contribution in [0, 0.1) is 12.7 Å². The summed E-state index contributed by atoms with van der Waals surface area (Å²) in [6.07, 6.45) is 2.90. The first-order valence-electron chi connectivity index (χ1n) is 15.9. The number of nitrogens with one attached hydrogen (secondary N) is 1. The SMILES string of the molecule is Cc1ccc(S(=O)(=O)n2cc(-c3cc(N4CCC(NC(=O)OC(C)(C)C)CC4)nc(S(C)(=O)=O)n3)c3nc(-c4ccccc4F)ccc32)cc1. The van der Waals surface area contributed by atoms with Gasteiger partial charge in [-0.25, -0.2) is 44.9 Å². The van der Waals surface area contributed by atoms with Crippen molar-refractivity contribution in [1.29, 1.82) is 0 Å². The fourth-order valence-corrected chi connectivity index (χ4v) is 7.59. The number of nitrogens with zero attached hydrogens (tertiary/aromatic N) is 5. The number of piperidine rings is 1. The fraction of sp³-hybridized carbons (Fsp3) is 0.314. The molecular formula is C35H37FN6O6S2. The zero-order valence-electron chi connectivity index (χ0n) is 28.2. The molecule has 5 aromatic rings. The second-order valence-corrected chi connectivity index (χ2v) is 17.0. The van der Waals surface area contributed by atoms with Crippen LogP contribution in [-0.2, 0) is 24.6 Å². The van der Waals surface area contributed by atoms with Gasteiger partial charge in [-0.05, 0) is 76.9 Å². The first kappa shape index (κ1) is 35.0. The molecule has 2 aromatic carbocycles. The molecule has 0 aliphatic carbocycles. The Labute approximate surface area is 290 Å². The van der Waals surface area contributed by atoms with E-state index in [-0.39, 0.29) is 44.5 Å². The summed E-state index contributed by atoms with van der Waals surface area (Å²) < 4.78 is 75.2. The molecule has 262 valence electrons. The van der Waals surface area contributed by atoms with Crippen LogP contribution in [0.2, 0.25) is 0 Å². The summed E-state index contributed by atoms with van der Waals surface area (Å²) >= 11 is 0. The number of halogens is 1. The number of amides is 1. The molecule has 1 saturated heterocycles. The van der Waals surface area contributed by atoms with Gasteiger partial charge in [0.1, 0.15) is 17.2 Å². The molecule has 50 heavy (non-hydrogen) atoms. The molecular weight excluding hydrogens is 684 g/mol. The average molecular weight is 721 g/mol. The monoisotopic (exact) mass is 720 g/mol. The highest BCUT2D eigenvalue weighted by molar-refractivity contribution is 7.90. The van der Waals surface area contributed by atoms with Gasteiger partial charge in [0.15, 0.2) is 0 Å². The number of carbonyl (C=O) groups excluding carboxylic acids is 1. The van der Waals surface area contributed by atoms with Gasteiger partial charge in [-0.1, -0.05) is 29.8 Å². The minimum Gasteiger partial charge on any atom is -0.444 e. The third-order valence-electron chi connectivity index (χ3n) is 8.18. The Morgan fingerprint density at radius 2 is 1.58 bits per heavy atom. The first-order valence-corrected chi connectivity index (χ1v) is 19.3. The summed E-state index contributed by atoms with van der Waals surface area (Å²) in [5, 5.41) is 2.43. The predicted octanol–water partition coefficient (Wildman–Crippen LogP) is 5.74. The molecule has 0 bridgehead atoms. The second-order valence-electron chi connectivity index (χ2n) is 13.3. The van der Waals surface area contributed by atoms with Crippen LogP contribution in [0.3, 0.4) is 0 Å². The predicted molar refractivity (Wildman–Crippen MR) is 188 cm³/mol. The second kappa shape index (κ2) is 13.1. The van der Waals surface area contributed by atoms with Gasteiger partial charge in [0, 0.05) is 48.8 Å². The van der Waals surface area contributed by atoms with E-state index in [2.05, 4.69) is 15.3 Å². The van der Waals surface area contributed by atoms with E-state index in [4.69, 9.17) is 9.72 Å². The molecule has 1 fully saturated rings. The highest BCUT2D eigenvalue weighted by atomic mass is 32.2. The molecule has 6 rings (SSSR count). The maximum Gasteiger partial charge on any atom is 0.407 e. The van der Waals surface area contributed by atoms with E-state index in [1.54, 1.807) is 63.2 Å². The smallest absolute Gasteiger partial charge is 0.407 e. The molecule has 0 saturated carbocycles. The molecule has 1 aliphatic heterocycles. The van der Waals surface area contributed by atoms with Crippen LogP contribution in [0.15, 0.2) is 83.0 Å². The van der Waals surface area contributed by atoms with Gasteiger partial charge in [0.25, 0.3) is 10.0 Å². The number of pyridine rings is 1. The summed E-state index contributed by atoms with van der Waals surface area (Å²) in [5.41, 5.74) is 1.38. The van der Waals surface area contributed by atoms with Gasteiger partial charge in [-0.15, -0.1) is 0 Å². The van der Waals surface area contributed by atoms with Gasteiger partial charge in [0.2, 0.25) is 15.0 Å².